The van der Waals surface area contributed by atoms with Crippen molar-refractivity contribution < 1.29 is 9.34 Å². The summed E-state index contributed by atoms with van der Waals surface area (Å²) in [5, 5.41) is 20.1. The molecule has 0 N–H and O–H groups in total. The summed E-state index contributed by atoms with van der Waals surface area (Å²) in [5.41, 5.74) is 1.69. The summed E-state index contributed by atoms with van der Waals surface area (Å²) in [6, 6.07) is 18.3. The molecule has 5 aromatic rings. The van der Waals surface area contributed by atoms with Crippen LogP contribution in [-0.4, -0.2) is 24.7 Å². The predicted molar refractivity (Wildman–Crippen MR) is 122 cm³/mol. The van der Waals surface area contributed by atoms with Gasteiger partial charge >= 0.3 is 0 Å². The predicted octanol–water partition coefficient (Wildman–Crippen LogP) is 4.72. The van der Waals surface area contributed by atoms with E-state index in [1.165, 1.54) is 28.8 Å². The summed E-state index contributed by atoms with van der Waals surface area (Å²) in [6.07, 6.45) is 1.60. The summed E-state index contributed by atoms with van der Waals surface area (Å²) in [5.74, 6) is 0.376. The Hall–Kier alpha value is -4.37. The molecule has 33 heavy (non-hydrogen) atoms. The second kappa shape index (κ2) is 8.29. The molecule has 10 heteroatoms. The van der Waals surface area contributed by atoms with Crippen molar-refractivity contribution in [3.8, 4) is 22.6 Å². The van der Waals surface area contributed by atoms with E-state index in [0.29, 0.717) is 27.4 Å². The molecule has 0 aliphatic rings. The van der Waals surface area contributed by atoms with Crippen LogP contribution in [0.1, 0.15) is 5.89 Å². The van der Waals surface area contributed by atoms with Crippen LogP contribution in [0.2, 0.25) is 5.02 Å². The van der Waals surface area contributed by atoms with E-state index < -0.39 is 4.92 Å². The van der Waals surface area contributed by atoms with E-state index in [0.717, 1.165) is 5.39 Å². The molecule has 162 valence electrons. The monoisotopic (exact) mass is 459 g/mol. The minimum Gasteiger partial charge on any atom is -0.419 e. The van der Waals surface area contributed by atoms with Crippen molar-refractivity contribution in [2.75, 3.05) is 0 Å². The van der Waals surface area contributed by atoms with Crippen LogP contribution in [0.4, 0.5) is 5.69 Å². The summed E-state index contributed by atoms with van der Waals surface area (Å²) in [6.45, 7) is -0.00930. The number of nitro groups is 1. The molecule has 0 saturated heterocycles. The van der Waals surface area contributed by atoms with Crippen LogP contribution in [0.5, 0.6) is 0 Å². The van der Waals surface area contributed by atoms with Gasteiger partial charge in [0.15, 0.2) is 0 Å². The maximum Gasteiger partial charge on any atom is 0.269 e. The minimum atomic E-state index is -0.487. The molecule has 0 atom stereocenters. The Morgan fingerprint density at radius 1 is 1.00 bits per heavy atom. The van der Waals surface area contributed by atoms with E-state index in [-0.39, 0.29) is 29.6 Å². The highest BCUT2D eigenvalue weighted by atomic mass is 35.5. The fourth-order valence-corrected chi connectivity index (χ4v) is 3.76. The highest BCUT2D eigenvalue weighted by molar-refractivity contribution is 6.33. The van der Waals surface area contributed by atoms with Crippen LogP contribution in [0, 0.1) is 10.1 Å². The summed E-state index contributed by atoms with van der Waals surface area (Å²) in [4.78, 5) is 28.2. The topological polar surface area (TPSA) is 117 Å². The fraction of sp³-hybridized carbons (Fsp3) is 0.0435. The molecule has 0 amide bonds. The number of pyridine rings is 2. The molecule has 0 radical (unpaired) electrons. The van der Waals surface area contributed by atoms with Crippen molar-refractivity contribution in [2.24, 2.45) is 0 Å². The zero-order valence-corrected chi connectivity index (χ0v) is 17.6. The molecular weight excluding hydrogens is 446 g/mol. The molecule has 0 unspecified atom stereocenters. The number of fused-ring (bicyclic) bond motifs is 1. The second-order valence-corrected chi connectivity index (χ2v) is 7.56. The minimum absolute atomic E-state index is 0.00930. The molecule has 0 aliphatic carbocycles. The first-order chi connectivity index (χ1) is 16.0. The van der Waals surface area contributed by atoms with Crippen molar-refractivity contribution >= 4 is 28.3 Å². The first-order valence-electron chi connectivity index (χ1n) is 9.82. The summed E-state index contributed by atoms with van der Waals surface area (Å²) >= 11 is 6.35. The number of rotatable bonds is 5. The Bertz CT molecular complexity index is 1560. The van der Waals surface area contributed by atoms with Gasteiger partial charge in [-0.1, -0.05) is 29.8 Å². The Morgan fingerprint density at radius 3 is 2.55 bits per heavy atom. The van der Waals surface area contributed by atoms with Crippen LogP contribution >= 0.6 is 11.6 Å². The van der Waals surface area contributed by atoms with Crippen molar-refractivity contribution in [3.63, 3.8) is 0 Å². The third-order valence-electron chi connectivity index (χ3n) is 5.10. The van der Waals surface area contributed by atoms with Gasteiger partial charge in [0.2, 0.25) is 11.8 Å². The van der Waals surface area contributed by atoms with E-state index in [2.05, 4.69) is 15.2 Å². The molecule has 0 spiro atoms. The molecule has 3 heterocycles. The van der Waals surface area contributed by atoms with Gasteiger partial charge in [-0.2, -0.15) is 0 Å². The standard InChI is InChI=1S/C23H14ClN5O4/c24-19-6-2-1-5-17(19)18-12-15-4-3-11-25-21(15)28(23(18)30)13-20-26-27-22(33-20)14-7-9-16(10-8-14)29(31)32/h1-12H,13H2. The average molecular weight is 460 g/mol. The first kappa shape index (κ1) is 20.5. The third kappa shape index (κ3) is 3.85. The smallest absolute Gasteiger partial charge is 0.269 e. The molecule has 0 bridgehead atoms. The van der Waals surface area contributed by atoms with Crippen LogP contribution < -0.4 is 5.56 Å². The van der Waals surface area contributed by atoms with Crippen molar-refractivity contribution in [1.82, 2.24) is 19.7 Å². The van der Waals surface area contributed by atoms with Crippen molar-refractivity contribution in [1.29, 1.82) is 0 Å². The van der Waals surface area contributed by atoms with Gasteiger partial charge in [-0.3, -0.25) is 19.5 Å². The van der Waals surface area contributed by atoms with Gasteiger partial charge in [0, 0.05) is 45.4 Å². The lowest BCUT2D eigenvalue weighted by molar-refractivity contribution is -0.384. The van der Waals surface area contributed by atoms with Crippen molar-refractivity contribution in [3.05, 3.63) is 104 Å². The van der Waals surface area contributed by atoms with Crippen LogP contribution in [0.15, 0.2) is 82.1 Å². The summed E-state index contributed by atoms with van der Waals surface area (Å²) < 4.78 is 7.20. The molecule has 0 saturated carbocycles. The second-order valence-electron chi connectivity index (χ2n) is 7.15. The lowest BCUT2D eigenvalue weighted by Gasteiger charge is -2.11. The van der Waals surface area contributed by atoms with Crippen LogP contribution in [-0.2, 0) is 6.54 Å². The molecule has 2 aromatic carbocycles. The Labute approximate surface area is 191 Å². The van der Waals surface area contributed by atoms with Crippen molar-refractivity contribution in [2.45, 2.75) is 6.54 Å². The van der Waals surface area contributed by atoms with Gasteiger partial charge in [-0.25, -0.2) is 4.98 Å². The van der Waals surface area contributed by atoms with Gasteiger partial charge in [0.25, 0.3) is 11.2 Å². The Balaban J connectivity index is 1.57. The fourth-order valence-electron chi connectivity index (χ4n) is 3.52. The van der Waals surface area contributed by atoms with Crippen LogP contribution in [0.25, 0.3) is 33.6 Å². The lowest BCUT2D eigenvalue weighted by Crippen LogP contribution is -2.23. The number of nitro benzene ring substituents is 1. The largest absolute Gasteiger partial charge is 0.419 e. The molecule has 5 rings (SSSR count). The third-order valence-corrected chi connectivity index (χ3v) is 5.43. The maximum absolute atomic E-state index is 13.4. The number of hydrogen-bond donors (Lipinski definition) is 0. The number of benzene rings is 2. The van der Waals surface area contributed by atoms with E-state index in [1.807, 2.05) is 12.1 Å². The maximum atomic E-state index is 13.4. The molecule has 0 fully saturated rings. The number of hydrogen-bond acceptors (Lipinski definition) is 7. The van der Waals surface area contributed by atoms with E-state index in [4.69, 9.17) is 16.0 Å². The molecule has 9 nitrogen and oxygen atoms in total. The van der Waals surface area contributed by atoms with Gasteiger partial charge in [0.1, 0.15) is 12.2 Å². The number of aromatic nitrogens is 4. The van der Waals surface area contributed by atoms with E-state index >= 15 is 0 Å². The van der Waals surface area contributed by atoms with E-state index in [1.54, 1.807) is 36.5 Å². The number of non-ortho nitro benzene ring substituents is 1. The quantitative estimate of drug-likeness (QED) is 0.275. The normalized spacial score (nSPS) is 11.1. The average Bonchev–Trinajstić information content (AvgIpc) is 3.30. The first-order valence-corrected chi connectivity index (χ1v) is 10.2. The molecule has 3 aromatic heterocycles. The van der Waals surface area contributed by atoms with Gasteiger partial charge < -0.3 is 4.42 Å². The zero-order chi connectivity index (χ0) is 22.9. The SMILES string of the molecule is O=c1c(-c2ccccc2Cl)cc2cccnc2n1Cc1nnc(-c2ccc([N+](=O)[O-])cc2)o1. The number of nitrogens with zero attached hydrogens (tertiary/aromatic N) is 5. The van der Waals surface area contributed by atoms with Gasteiger partial charge in [0.05, 0.1) is 4.92 Å². The van der Waals surface area contributed by atoms with Gasteiger partial charge in [-0.15, -0.1) is 10.2 Å². The lowest BCUT2D eigenvalue weighted by atomic mass is 10.1. The Morgan fingerprint density at radius 2 is 1.79 bits per heavy atom. The highest BCUT2D eigenvalue weighted by Crippen LogP contribution is 2.27. The zero-order valence-electron chi connectivity index (χ0n) is 16.9. The number of halogens is 1. The highest BCUT2D eigenvalue weighted by Gasteiger charge is 2.17. The Kier molecular flexibility index (Phi) is 5.15. The van der Waals surface area contributed by atoms with E-state index in [9.17, 15) is 14.9 Å². The molecule has 0 aliphatic heterocycles. The molecular formula is C23H14ClN5O4. The summed E-state index contributed by atoms with van der Waals surface area (Å²) in [7, 11) is 0. The van der Waals surface area contributed by atoms with Crippen LogP contribution in [0.3, 0.4) is 0 Å². The van der Waals surface area contributed by atoms with Gasteiger partial charge in [-0.05, 0) is 36.4 Å².